The number of allylic oxidation sites excluding steroid dienone is 5. The van der Waals surface area contributed by atoms with Crippen LogP contribution in [0.2, 0.25) is 0 Å². The lowest BCUT2D eigenvalue weighted by atomic mass is 10.1. The van der Waals surface area contributed by atoms with E-state index >= 15 is 0 Å². The van der Waals surface area contributed by atoms with Crippen molar-refractivity contribution in [3.63, 3.8) is 0 Å². The van der Waals surface area contributed by atoms with Crippen molar-refractivity contribution in [3.05, 3.63) is 78.3 Å². The van der Waals surface area contributed by atoms with Crippen LogP contribution in [0.1, 0.15) is 31.8 Å². The van der Waals surface area contributed by atoms with Crippen LogP contribution in [0.3, 0.4) is 0 Å². The number of benzene rings is 1. The Morgan fingerprint density at radius 2 is 1.91 bits per heavy atom. The molecule has 0 unspecified atom stereocenters. The zero-order chi connectivity index (χ0) is 15.9. The van der Waals surface area contributed by atoms with Gasteiger partial charge in [0.2, 0.25) is 0 Å². The molecule has 2 nitrogen and oxygen atoms in total. The van der Waals surface area contributed by atoms with Crippen molar-refractivity contribution in [2.24, 2.45) is 0 Å². The molecule has 0 amide bonds. The summed E-state index contributed by atoms with van der Waals surface area (Å²) in [6, 6.07) is 12.2. The average Bonchev–Trinajstić information content (AvgIpc) is 2.56. The molecule has 0 bridgehead atoms. The summed E-state index contributed by atoms with van der Waals surface area (Å²) < 4.78 is 0. The lowest BCUT2D eigenvalue weighted by Crippen LogP contribution is -1.98. The summed E-state index contributed by atoms with van der Waals surface area (Å²) in [5.41, 5.74) is 5.20. The predicted octanol–water partition coefficient (Wildman–Crippen LogP) is 5.38. The van der Waals surface area contributed by atoms with Gasteiger partial charge in [-0.15, -0.1) is 0 Å². The summed E-state index contributed by atoms with van der Waals surface area (Å²) in [4.78, 5) is 9.29. The topological polar surface area (TPSA) is 25.8 Å². The Kier molecular flexibility index (Phi) is 5.42. The van der Waals surface area contributed by atoms with E-state index in [-0.39, 0.29) is 0 Å². The highest BCUT2D eigenvalue weighted by molar-refractivity contribution is 5.73. The van der Waals surface area contributed by atoms with Crippen LogP contribution in [0.15, 0.2) is 66.8 Å². The number of aryl methyl sites for hydroxylation is 1. The Morgan fingerprint density at radius 3 is 2.50 bits per heavy atom. The van der Waals surface area contributed by atoms with Crippen molar-refractivity contribution in [2.45, 2.75) is 27.2 Å². The maximum absolute atomic E-state index is 4.72. The summed E-state index contributed by atoms with van der Waals surface area (Å²) in [5, 5.41) is 0. The fraction of sp³-hybridized carbons (Fsp3) is 0.200. The molecule has 1 aromatic heterocycles. The molecule has 2 rings (SSSR count). The minimum Gasteiger partial charge on any atom is -0.233 e. The molecule has 0 aliphatic heterocycles. The Balaban J connectivity index is 2.52. The van der Waals surface area contributed by atoms with Gasteiger partial charge in [0.1, 0.15) is 0 Å². The highest BCUT2D eigenvalue weighted by Crippen LogP contribution is 2.22. The maximum atomic E-state index is 4.72. The zero-order valence-corrected chi connectivity index (χ0v) is 13.5. The highest BCUT2D eigenvalue weighted by atomic mass is 14.9. The fourth-order valence-corrected chi connectivity index (χ4v) is 2.26. The first-order chi connectivity index (χ1) is 10.7. The van der Waals surface area contributed by atoms with Gasteiger partial charge in [0.15, 0.2) is 5.82 Å². The largest absolute Gasteiger partial charge is 0.233 e. The first-order valence-corrected chi connectivity index (χ1v) is 7.58. The van der Waals surface area contributed by atoms with Crippen molar-refractivity contribution in [1.29, 1.82) is 0 Å². The quantitative estimate of drug-likeness (QED) is 0.691. The van der Waals surface area contributed by atoms with Crippen LogP contribution in [-0.4, -0.2) is 9.97 Å². The molecule has 112 valence electrons. The zero-order valence-electron chi connectivity index (χ0n) is 13.5. The molecular formula is C20H22N2. The Morgan fingerprint density at radius 1 is 1.18 bits per heavy atom. The van der Waals surface area contributed by atoms with E-state index in [0.717, 1.165) is 34.8 Å². The molecule has 0 fully saturated rings. The first kappa shape index (κ1) is 15.9. The van der Waals surface area contributed by atoms with E-state index in [1.807, 2.05) is 44.2 Å². The van der Waals surface area contributed by atoms with Crippen LogP contribution >= 0.6 is 0 Å². The normalized spacial score (nSPS) is 12.3. The average molecular weight is 290 g/mol. The molecule has 0 aliphatic rings. The van der Waals surface area contributed by atoms with Crippen LogP contribution in [-0.2, 0) is 0 Å². The highest BCUT2D eigenvalue weighted by Gasteiger charge is 2.07. The first-order valence-electron chi connectivity index (χ1n) is 7.58. The van der Waals surface area contributed by atoms with Gasteiger partial charge in [-0.25, -0.2) is 9.97 Å². The second-order valence-corrected chi connectivity index (χ2v) is 5.11. The standard InChI is InChI=1S/C20H22N2/c1-5-16(6-2)14-17(7-3)20-21-15(4)13-19(22-20)18-11-9-8-10-12-18/h5,7-14H,3,6H2,1-2,4H3/b16-5-,17-14+. The van der Waals surface area contributed by atoms with E-state index in [0.29, 0.717) is 0 Å². The van der Waals surface area contributed by atoms with Crippen LogP contribution in [0, 0.1) is 6.92 Å². The van der Waals surface area contributed by atoms with Gasteiger partial charge in [-0.05, 0) is 32.4 Å². The lowest BCUT2D eigenvalue weighted by Gasteiger charge is -2.08. The van der Waals surface area contributed by atoms with Gasteiger partial charge in [-0.2, -0.15) is 0 Å². The molecule has 22 heavy (non-hydrogen) atoms. The number of aromatic nitrogens is 2. The number of hydrogen-bond donors (Lipinski definition) is 0. The Labute approximate surface area is 133 Å². The van der Waals surface area contributed by atoms with Crippen molar-refractivity contribution in [3.8, 4) is 11.3 Å². The second kappa shape index (κ2) is 7.51. The summed E-state index contributed by atoms with van der Waals surface area (Å²) in [7, 11) is 0. The minimum atomic E-state index is 0.724. The molecule has 0 N–H and O–H groups in total. The maximum Gasteiger partial charge on any atom is 0.159 e. The van der Waals surface area contributed by atoms with Crippen molar-refractivity contribution in [1.82, 2.24) is 9.97 Å². The van der Waals surface area contributed by atoms with E-state index in [2.05, 4.69) is 42.8 Å². The molecule has 0 saturated carbocycles. The summed E-state index contributed by atoms with van der Waals surface area (Å²) >= 11 is 0. The minimum absolute atomic E-state index is 0.724. The van der Waals surface area contributed by atoms with Crippen LogP contribution < -0.4 is 0 Å². The van der Waals surface area contributed by atoms with Crippen LogP contribution in [0.5, 0.6) is 0 Å². The molecule has 1 aromatic carbocycles. The number of nitrogens with zero attached hydrogens (tertiary/aromatic N) is 2. The molecule has 0 atom stereocenters. The Bertz CT molecular complexity index is 710. The van der Waals surface area contributed by atoms with Crippen molar-refractivity contribution < 1.29 is 0 Å². The molecule has 1 heterocycles. The summed E-state index contributed by atoms with van der Waals surface area (Å²) in [6.45, 7) is 10.1. The third-order valence-electron chi connectivity index (χ3n) is 3.52. The van der Waals surface area contributed by atoms with Gasteiger partial charge in [0, 0.05) is 16.8 Å². The van der Waals surface area contributed by atoms with Gasteiger partial charge in [0.25, 0.3) is 0 Å². The van der Waals surface area contributed by atoms with E-state index in [1.165, 1.54) is 5.57 Å². The third-order valence-corrected chi connectivity index (χ3v) is 3.52. The van der Waals surface area contributed by atoms with E-state index in [9.17, 15) is 0 Å². The van der Waals surface area contributed by atoms with E-state index < -0.39 is 0 Å². The van der Waals surface area contributed by atoms with Gasteiger partial charge in [-0.3, -0.25) is 0 Å². The summed E-state index contributed by atoms with van der Waals surface area (Å²) in [5.74, 6) is 0.724. The second-order valence-electron chi connectivity index (χ2n) is 5.11. The SMILES string of the molecule is C=C/C(=C\C(=C/C)CC)c1nc(C)cc(-c2ccccc2)n1. The van der Waals surface area contributed by atoms with Gasteiger partial charge < -0.3 is 0 Å². The van der Waals surface area contributed by atoms with E-state index in [1.54, 1.807) is 0 Å². The smallest absolute Gasteiger partial charge is 0.159 e. The van der Waals surface area contributed by atoms with Gasteiger partial charge >= 0.3 is 0 Å². The monoisotopic (exact) mass is 290 g/mol. The molecule has 2 heteroatoms. The molecule has 0 aliphatic carbocycles. The Hall–Kier alpha value is -2.48. The third kappa shape index (κ3) is 3.79. The molecule has 2 aromatic rings. The molecule has 0 radical (unpaired) electrons. The van der Waals surface area contributed by atoms with Crippen molar-refractivity contribution in [2.75, 3.05) is 0 Å². The van der Waals surface area contributed by atoms with Crippen LogP contribution in [0.4, 0.5) is 0 Å². The van der Waals surface area contributed by atoms with Crippen LogP contribution in [0.25, 0.3) is 16.8 Å². The fourth-order valence-electron chi connectivity index (χ4n) is 2.26. The molecular weight excluding hydrogens is 268 g/mol. The predicted molar refractivity (Wildman–Crippen MR) is 94.4 cm³/mol. The van der Waals surface area contributed by atoms with E-state index in [4.69, 9.17) is 4.98 Å². The number of rotatable bonds is 5. The molecule has 0 saturated heterocycles. The van der Waals surface area contributed by atoms with Gasteiger partial charge in [-0.1, -0.05) is 61.6 Å². The molecule has 0 spiro atoms. The number of hydrogen-bond acceptors (Lipinski definition) is 2. The van der Waals surface area contributed by atoms with Gasteiger partial charge in [0.05, 0.1) is 5.69 Å². The lowest BCUT2D eigenvalue weighted by molar-refractivity contribution is 1.07. The van der Waals surface area contributed by atoms with Crippen molar-refractivity contribution >= 4 is 5.57 Å². The summed E-state index contributed by atoms with van der Waals surface area (Å²) in [6.07, 6.45) is 7.02.